The van der Waals surface area contributed by atoms with Crippen molar-refractivity contribution in [2.45, 2.75) is 13.5 Å². The van der Waals surface area contributed by atoms with E-state index in [1.54, 1.807) is 6.07 Å². The molecule has 0 amide bonds. The van der Waals surface area contributed by atoms with Gasteiger partial charge in [-0.25, -0.2) is 0 Å². The summed E-state index contributed by atoms with van der Waals surface area (Å²) < 4.78 is 0. The van der Waals surface area contributed by atoms with Crippen LogP contribution in [0.4, 0.5) is 0 Å². The fraction of sp³-hybridized carbons (Fsp3) is 0.636. The molecule has 88 valence electrons. The van der Waals surface area contributed by atoms with Crippen LogP contribution in [0, 0.1) is 0 Å². The third-order valence-electron chi connectivity index (χ3n) is 2.98. The number of piperazine rings is 1. The molecule has 0 spiro atoms. The fourth-order valence-corrected chi connectivity index (χ4v) is 2.02. The number of hydrogen-bond donors (Lipinski definition) is 0. The van der Waals surface area contributed by atoms with Gasteiger partial charge in [0, 0.05) is 32.7 Å². The maximum atomic E-state index is 5.70. The normalized spacial score (nSPS) is 18.9. The lowest BCUT2D eigenvalue weighted by molar-refractivity contribution is 0.130. The Morgan fingerprint density at radius 2 is 1.81 bits per heavy atom. The summed E-state index contributed by atoms with van der Waals surface area (Å²) in [5, 5.41) is 8.39. The Morgan fingerprint density at radius 3 is 2.38 bits per heavy atom. The summed E-state index contributed by atoms with van der Waals surface area (Å²) >= 11 is 5.70. The highest BCUT2D eigenvalue weighted by atomic mass is 35.5. The van der Waals surface area contributed by atoms with Gasteiger partial charge in [0.25, 0.3) is 0 Å². The van der Waals surface area contributed by atoms with E-state index in [9.17, 15) is 0 Å². The van der Waals surface area contributed by atoms with Crippen molar-refractivity contribution in [2.24, 2.45) is 0 Å². The van der Waals surface area contributed by atoms with E-state index in [4.69, 9.17) is 11.6 Å². The van der Waals surface area contributed by atoms with Crippen molar-refractivity contribution in [3.8, 4) is 0 Å². The first-order valence-corrected chi connectivity index (χ1v) is 6.08. The Balaban J connectivity index is 1.84. The maximum absolute atomic E-state index is 5.70. The van der Waals surface area contributed by atoms with Gasteiger partial charge in [0.2, 0.25) is 0 Å². The quantitative estimate of drug-likeness (QED) is 0.797. The second-order valence-electron chi connectivity index (χ2n) is 4.06. The van der Waals surface area contributed by atoms with Gasteiger partial charge in [-0.05, 0) is 18.7 Å². The lowest BCUT2D eigenvalue weighted by atomic mass is 10.3. The molecule has 0 unspecified atom stereocenters. The van der Waals surface area contributed by atoms with Gasteiger partial charge in [0.1, 0.15) is 0 Å². The van der Waals surface area contributed by atoms with E-state index in [2.05, 4.69) is 26.9 Å². The van der Waals surface area contributed by atoms with Crippen LogP contribution in [0.3, 0.4) is 0 Å². The topological polar surface area (TPSA) is 32.3 Å². The minimum absolute atomic E-state index is 0.458. The van der Waals surface area contributed by atoms with Gasteiger partial charge in [-0.3, -0.25) is 4.90 Å². The minimum Gasteiger partial charge on any atom is -0.301 e. The van der Waals surface area contributed by atoms with Crippen LogP contribution in [0.1, 0.15) is 12.6 Å². The van der Waals surface area contributed by atoms with Crippen LogP contribution < -0.4 is 0 Å². The Kier molecular flexibility index (Phi) is 4.09. The number of likely N-dealkylation sites (N-methyl/N-ethyl adjacent to an activating group) is 1. The van der Waals surface area contributed by atoms with Crippen molar-refractivity contribution in [1.82, 2.24) is 20.0 Å². The van der Waals surface area contributed by atoms with Crippen LogP contribution in [0.15, 0.2) is 12.1 Å². The predicted molar refractivity (Wildman–Crippen MR) is 64.4 cm³/mol. The number of nitrogens with zero attached hydrogens (tertiary/aromatic N) is 4. The molecular weight excluding hydrogens is 224 g/mol. The molecule has 0 N–H and O–H groups in total. The molecule has 1 aromatic heterocycles. The van der Waals surface area contributed by atoms with E-state index in [0.29, 0.717) is 5.15 Å². The molecule has 16 heavy (non-hydrogen) atoms. The van der Waals surface area contributed by atoms with E-state index >= 15 is 0 Å². The number of rotatable bonds is 3. The lowest BCUT2D eigenvalue weighted by Crippen LogP contribution is -2.45. The molecule has 1 aliphatic heterocycles. The SMILES string of the molecule is CCN1CCN(Cc2ccc(Cl)nn2)CC1. The first-order chi connectivity index (χ1) is 7.78. The van der Waals surface area contributed by atoms with Gasteiger partial charge in [0.15, 0.2) is 5.15 Å². The average molecular weight is 241 g/mol. The molecule has 0 saturated carbocycles. The third kappa shape index (κ3) is 3.14. The molecule has 1 fully saturated rings. The lowest BCUT2D eigenvalue weighted by Gasteiger charge is -2.33. The average Bonchev–Trinajstić information content (AvgIpc) is 2.33. The molecule has 0 aliphatic carbocycles. The van der Waals surface area contributed by atoms with Crippen molar-refractivity contribution < 1.29 is 0 Å². The summed E-state index contributed by atoms with van der Waals surface area (Å²) in [4.78, 5) is 4.87. The molecule has 5 heteroatoms. The maximum Gasteiger partial charge on any atom is 0.151 e. The zero-order chi connectivity index (χ0) is 11.4. The van der Waals surface area contributed by atoms with E-state index in [1.807, 2.05) is 6.07 Å². The van der Waals surface area contributed by atoms with Gasteiger partial charge in [-0.2, -0.15) is 5.10 Å². The third-order valence-corrected chi connectivity index (χ3v) is 3.19. The summed E-state index contributed by atoms with van der Waals surface area (Å²) in [7, 11) is 0. The zero-order valence-electron chi connectivity index (χ0n) is 9.56. The van der Waals surface area contributed by atoms with Crippen LogP contribution in [0.2, 0.25) is 5.15 Å². The fourth-order valence-electron chi connectivity index (χ4n) is 1.92. The van der Waals surface area contributed by atoms with E-state index < -0.39 is 0 Å². The molecule has 1 saturated heterocycles. The highest BCUT2D eigenvalue weighted by Gasteiger charge is 2.15. The molecule has 0 radical (unpaired) electrons. The molecule has 1 aromatic rings. The largest absolute Gasteiger partial charge is 0.301 e. The molecule has 4 nitrogen and oxygen atoms in total. The molecule has 0 bridgehead atoms. The zero-order valence-corrected chi connectivity index (χ0v) is 10.3. The first kappa shape index (κ1) is 11.8. The highest BCUT2D eigenvalue weighted by molar-refractivity contribution is 6.29. The second kappa shape index (κ2) is 5.57. The van der Waals surface area contributed by atoms with Gasteiger partial charge in [-0.15, -0.1) is 5.10 Å². The minimum atomic E-state index is 0.458. The molecule has 2 heterocycles. The van der Waals surface area contributed by atoms with Crippen LogP contribution in [-0.2, 0) is 6.54 Å². The van der Waals surface area contributed by atoms with Crippen LogP contribution in [0.5, 0.6) is 0 Å². The van der Waals surface area contributed by atoms with Crippen LogP contribution >= 0.6 is 11.6 Å². The van der Waals surface area contributed by atoms with Crippen molar-refractivity contribution >= 4 is 11.6 Å². The summed E-state index contributed by atoms with van der Waals surface area (Å²) in [6.45, 7) is 8.75. The Hall–Kier alpha value is -0.710. The summed E-state index contributed by atoms with van der Waals surface area (Å²) in [5.41, 5.74) is 0.995. The van der Waals surface area contributed by atoms with Gasteiger partial charge in [0.05, 0.1) is 5.69 Å². The van der Waals surface area contributed by atoms with Crippen molar-refractivity contribution in [3.05, 3.63) is 23.0 Å². The molecule has 0 aromatic carbocycles. The van der Waals surface area contributed by atoms with Gasteiger partial charge >= 0.3 is 0 Å². The smallest absolute Gasteiger partial charge is 0.151 e. The predicted octanol–water partition coefficient (Wildman–Crippen LogP) is 1.27. The van der Waals surface area contributed by atoms with Crippen molar-refractivity contribution in [1.29, 1.82) is 0 Å². The summed E-state index contributed by atoms with van der Waals surface area (Å²) in [5.74, 6) is 0. The Morgan fingerprint density at radius 1 is 1.12 bits per heavy atom. The van der Waals surface area contributed by atoms with E-state index in [0.717, 1.165) is 45.0 Å². The summed E-state index contributed by atoms with van der Waals surface area (Å²) in [6, 6.07) is 3.74. The highest BCUT2D eigenvalue weighted by Crippen LogP contribution is 2.07. The Labute approximate surface area is 101 Å². The molecule has 1 aliphatic rings. The van der Waals surface area contributed by atoms with E-state index in [-0.39, 0.29) is 0 Å². The monoisotopic (exact) mass is 240 g/mol. The Bertz CT molecular complexity index is 319. The van der Waals surface area contributed by atoms with Crippen LogP contribution in [0.25, 0.3) is 0 Å². The number of hydrogen-bond acceptors (Lipinski definition) is 4. The number of aromatic nitrogens is 2. The van der Waals surface area contributed by atoms with Gasteiger partial charge in [-0.1, -0.05) is 18.5 Å². The number of halogens is 1. The first-order valence-electron chi connectivity index (χ1n) is 5.70. The molecular formula is C11H17ClN4. The van der Waals surface area contributed by atoms with Gasteiger partial charge < -0.3 is 4.90 Å². The standard InChI is InChI=1S/C11H17ClN4/c1-2-15-5-7-16(8-6-15)9-10-3-4-11(12)14-13-10/h3-4H,2,5-9H2,1H3. The van der Waals surface area contributed by atoms with Crippen molar-refractivity contribution in [3.63, 3.8) is 0 Å². The van der Waals surface area contributed by atoms with Crippen LogP contribution in [-0.4, -0.2) is 52.7 Å². The van der Waals surface area contributed by atoms with E-state index in [1.165, 1.54) is 0 Å². The molecule has 0 atom stereocenters. The second-order valence-corrected chi connectivity index (χ2v) is 4.45. The summed E-state index contributed by atoms with van der Waals surface area (Å²) in [6.07, 6.45) is 0. The van der Waals surface area contributed by atoms with Crippen molar-refractivity contribution in [2.75, 3.05) is 32.7 Å². The molecule has 2 rings (SSSR count).